The van der Waals surface area contributed by atoms with Crippen LogP contribution in [0.3, 0.4) is 0 Å². The average molecular weight is 578 g/mol. The molecular formula is C27H30Cl2N4O4S. The fourth-order valence-electron chi connectivity index (χ4n) is 4.02. The van der Waals surface area contributed by atoms with Crippen molar-refractivity contribution in [3.8, 4) is 11.5 Å². The van der Waals surface area contributed by atoms with Gasteiger partial charge in [-0.3, -0.25) is 0 Å². The molecule has 0 fully saturated rings. The first-order valence-electron chi connectivity index (χ1n) is 12.4. The van der Waals surface area contributed by atoms with E-state index in [1.54, 1.807) is 47.8 Å². The Morgan fingerprint density at radius 1 is 1.13 bits per heavy atom. The largest absolute Gasteiger partial charge is 0.493 e. The van der Waals surface area contributed by atoms with Crippen molar-refractivity contribution in [3.05, 3.63) is 68.8 Å². The summed E-state index contributed by atoms with van der Waals surface area (Å²) in [5.41, 5.74) is 2.58. The zero-order chi connectivity index (χ0) is 27.2. The van der Waals surface area contributed by atoms with Gasteiger partial charge in [-0.2, -0.15) is 4.98 Å². The summed E-state index contributed by atoms with van der Waals surface area (Å²) in [5.74, 6) is 2.05. The maximum absolute atomic E-state index is 13.2. The monoisotopic (exact) mass is 576 g/mol. The topological polar surface area (TPSA) is 87.5 Å². The summed E-state index contributed by atoms with van der Waals surface area (Å²) >= 11 is 14.2. The molecule has 1 unspecified atom stereocenters. The number of carbonyl (C=O) groups is 1. The lowest BCUT2D eigenvalue weighted by molar-refractivity contribution is -0.139. The molecule has 4 rings (SSSR count). The molecular weight excluding hydrogens is 547 g/mol. The fraction of sp³-hybridized carbons (Fsp3) is 0.370. The summed E-state index contributed by atoms with van der Waals surface area (Å²) in [6, 6.07) is 10.3. The first-order valence-corrected chi connectivity index (χ1v) is 14.1. The summed E-state index contributed by atoms with van der Waals surface area (Å²) in [4.78, 5) is 17.9. The van der Waals surface area contributed by atoms with E-state index >= 15 is 0 Å². The van der Waals surface area contributed by atoms with Gasteiger partial charge in [0.1, 0.15) is 12.6 Å². The predicted octanol–water partition coefficient (Wildman–Crippen LogP) is 6.92. The van der Waals surface area contributed by atoms with E-state index in [0.717, 1.165) is 24.2 Å². The van der Waals surface area contributed by atoms with Gasteiger partial charge in [-0.05, 0) is 49.6 Å². The lowest BCUT2D eigenvalue weighted by atomic mass is 9.95. The Kier molecular flexibility index (Phi) is 9.46. The van der Waals surface area contributed by atoms with Crippen LogP contribution in [0.1, 0.15) is 50.8 Å². The third kappa shape index (κ3) is 6.06. The van der Waals surface area contributed by atoms with E-state index in [-0.39, 0.29) is 6.61 Å². The van der Waals surface area contributed by atoms with Gasteiger partial charge >= 0.3 is 5.97 Å². The molecule has 1 N–H and O–H groups in total. The van der Waals surface area contributed by atoms with Crippen LogP contribution in [0.4, 0.5) is 5.95 Å². The summed E-state index contributed by atoms with van der Waals surface area (Å²) in [7, 11) is 1.56. The Morgan fingerprint density at radius 3 is 2.58 bits per heavy atom. The number of esters is 1. The van der Waals surface area contributed by atoms with Crippen LogP contribution in [0.25, 0.3) is 0 Å². The first-order chi connectivity index (χ1) is 18.4. The van der Waals surface area contributed by atoms with E-state index in [0.29, 0.717) is 56.1 Å². The predicted molar refractivity (Wildman–Crippen MR) is 151 cm³/mol. The highest BCUT2D eigenvalue weighted by Gasteiger charge is 2.35. The number of allylic oxidation sites excluding steroid dienone is 1. The highest BCUT2D eigenvalue weighted by atomic mass is 35.5. The maximum Gasteiger partial charge on any atom is 0.338 e. The minimum atomic E-state index is -0.569. The molecule has 1 aliphatic rings. The normalized spacial score (nSPS) is 14.6. The Bertz CT molecular complexity index is 1320. The van der Waals surface area contributed by atoms with E-state index < -0.39 is 12.0 Å². The summed E-state index contributed by atoms with van der Waals surface area (Å²) in [5, 5.41) is 9.64. The van der Waals surface area contributed by atoms with Gasteiger partial charge in [0.05, 0.1) is 19.3 Å². The minimum Gasteiger partial charge on any atom is -0.493 e. The van der Waals surface area contributed by atoms with Crippen LogP contribution in [0.2, 0.25) is 10.0 Å². The van der Waals surface area contributed by atoms with Crippen LogP contribution < -0.4 is 14.8 Å². The number of rotatable bonds is 11. The van der Waals surface area contributed by atoms with Gasteiger partial charge in [0.25, 0.3) is 0 Å². The van der Waals surface area contributed by atoms with Crippen molar-refractivity contribution < 1.29 is 19.0 Å². The molecule has 202 valence electrons. The number of carbonyl (C=O) groups excluding carboxylic acids is 1. The van der Waals surface area contributed by atoms with Gasteiger partial charge in [0.2, 0.25) is 11.1 Å². The molecule has 0 saturated heterocycles. The number of ether oxygens (including phenoxy) is 3. The number of hydrogen-bond acceptors (Lipinski definition) is 8. The molecule has 2 heterocycles. The summed E-state index contributed by atoms with van der Waals surface area (Å²) < 4.78 is 19.0. The van der Waals surface area contributed by atoms with Gasteiger partial charge in [0.15, 0.2) is 11.5 Å². The molecule has 8 nitrogen and oxygen atoms in total. The van der Waals surface area contributed by atoms with E-state index in [4.69, 9.17) is 42.5 Å². The second-order valence-electron chi connectivity index (χ2n) is 8.61. The SMILES string of the molecule is CCCOC(=O)C1=C(C)Nc2nc(SCCC)nn2C1c1ccc(OCc2c(Cl)cccc2Cl)c(OC)c1. The molecule has 38 heavy (non-hydrogen) atoms. The lowest BCUT2D eigenvalue weighted by Gasteiger charge is -2.28. The van der Waals surface area contributed by atoms with Crippen LogP contribution >= 0.6 is 35.0 Å². The van der Waals surface area contributed by atoms with Gasteiger partial charge < -0.3 is 19.5 Å². The Morgan fingerprint density at radius 2 is 1.89 bits per heavy atom. The molecule has 0 radical (unpaired) electrons. The third-order valence-corrected chi connectivity index (χ3v) is 7.61. The molecule has 1 aliphatic heterocycles. The Labute approximate surface area is 236 Å². The van der Waals surface area contributed by atoms with Crippen LogP contribution in [0.15, 0.2) is 52.8 Å². The van der Waals surface area contributed by atoms with Crippen molar-refractivity contribution in [2.75, 3.05) is 24.8 Å². The number of thioether (sulfide) groups is 1. The molecule has 2 aromatic carbocycles. The van der Waals surface area contributed by atoms with Crippen LogP contribution in [-0.4, -0.2) is 40.2 Å². The average Bonchev–Trinajstić information content (AvgIpc) is 3.31. The van der Waals surface area contributed by atoms with Crippen molar-refractivity contribution in [1.29, 1.82) is 0 Å². The van der Waals surface area contributed by atoms with E-state index in [1.165, 1.54) is 0 Å². The number of halogens is 2. The molecule has 3 aromatic rings. The molecule has 1 aromatic heterocycles. The molecule has 0 spiro atoms. The van der Waals surface area contributed by atoms with E-state index in [2.05, 4.69) is 17.2 Å². The van der Waals surface area contributed by atoms with Crippen molar-refractivity contribution in [1.82, 2.24) is 14.8 Å². The van der Waals surface area contributed by atoms with Gasteiger partial charge in [-0.15, -0.1) is 5.10 Å². The second kappa shape index (κ2) is 12.8. The highest BCUT2D eigenvalue weighted by Crippen LogP contribution is 2.40. The molecule has 11 heteroatoms. The Balaban J connectivity index is 1.71. The van der Waals surface area contributed by atoms with Gasteiger partial charge in [-0.25, -0.2) is 9.48 Å². The van der Waals surface area contributed by atoms with Crippen molar-refractivity contribution in [2.45, 2.75) is 51.4 Å². The number of benzene rings is 2. The summed E-state index contributed by atoms with van der Waals surface area (Å²) in [6.45, 7) is 6.39. The standard InChI is InChI=1S/C27H30Cl2N4O4S/c1-5-12-36-25(34)23-16(3)30-26-31-27(38-13-6-2)32-33(26)24(23)17-10-11-21(22(14-17)35-4)37-15-18-19(28)8-7-9-20(18)29/h7-11,14,24H,5-6,12-13,15H2,1-4H3,(H,30,31,32). The first kappa shape index (κ1) is 28.1. The van der Waals surface area contributed by atoms with Crippen LogP contribution in [0.5, 0.6) is 11.5 Å². The van der Waals surface area contributed by atoms with Crippen molar-refractivity contribution >= 4 is 46.9 Å². The van der Waals surface area contributed by atoms with Crippen molar-refractivity contribution in [2.24, 2.45) is 0 Å². The smallest absolute Gasteiger partial charge is 0.338 e. The Hall–Kier alpha value is -2.88. The van der Waals surface area contributed by atoms with Gasteiger partial charge in [0, 0.05) is 27.1 Å². The number of methoxy groups -OCH3 is 1. The number of aromatic nitrogens is 3. The zero-order valence-electron chi connectivity index (χ0n) is 21.7. The molecule has 0 amide bonds. The minimum absolute atomic E-state index is 0.167. The molecule has 0 bridgehead atoms. The maximum atomic E-state index is 13.2. The lowest BCUT2D eigenvalue weighted by Crippen LogP contribution is -2.29. The van der Waals surface area contributed by atoms with Crippen LogP contribution in [-0.2, 0) is 16.1 Å². The van der Waals surface area contributed by atoms with Gasteiger partial charge in [-0.1, -0.05) is 60.9 Å². The number of fused-ring (bicyclic) bond motifs is 1. The zero-order valence-corrected chi connectivity index (χ0v) is 24.0. The fourth-order valence-corrected chi connectivity index (χ4v) is 5.21. The number of hydrogen-bond donors (Lipinski definition) is 1. The third-order valence-electron chi connectivity index (χ3n) is 5.86. The highest BCUT2D eigenvalue weighted by molar-refractivity contribution is 7.99. The molecule has 0 aliphatic carbocycles. The van der Waals surface area contributed by atoms with Crippen molar-refractivity contribution in [3.63, 3.8) is 0 Å². The number of nitrogens with zero attached hydrogens (tertiary/aromatic N) is 3. The van der Waals surface area contributed by atoms with Crippen LogP contribution in [0, 0.1) is 0 Å². The van der Waals surface area contributed by atoms with E-state index in [9.17, 15) is 4.79 Å². The summed E-state index contributed by atoms with van der Waals surface area (Å²) in [6.07, 6.45) is 1.72. The quantitative estimate of drug-likeness (QED) is 0.194. The van der Waals surface area contributed by atoms with E-state index in [1.807, 2.05) is 26.0 Å². The number of nitrogens with one attached hydrogen (secondary N) is 1. The second-order valence-corrected chi connectivity index (χ2v) is 10.5. The number of anilines is 1. The molecule has 1 atom stereocenters. The molecule has 0 saturated carbocycles.